The highest BCUT2D eigenvalue weighted by molar-refractivity contribution is 7.09. The molecule has 0 aliphatic heterocycles. The van der Waals surface area contributed by atoms with Gasteiger partial charge in [0.05, 0.1) is 5.01 Å². The Morgan fingerprint density at radius 2 is 1.61 bits per heavy atom. The minimum atomic E-state index is 0.330. The Hall–Kier alpha value is -0.370. The fourth-order valence-electron chi connectivity index (χ4n) is 2.57. The van der Waals surface area contributed by atoms with Crippen LogP contribution in [0.1, 0.15) is 83.6 Å². The van der Waals surface area contributed by atoms with Gasteiger partial charge < -0.3 is 0 Å². The summed E-state index contributed by atoms with van der Waals surface area (Å²) in [7, 11) is 0. The van der Waals surface area contributed by atoms with Crippen molar-refractivity contribution in [1.82, 2.24) is 4.98 Å². The predicted molar refractivity (Wildman–Crippen MR) is 82.4 cm³/mol. The van der Waals surface area contributed by atoms with Gasteiger partial charge in [-0.1, -0.05) is 65.7 Å². The zero-order valence-electron chi connectivity index (χ0n) is 12.4. The topological polar surface area (TPSA) is 12.9 Å². The van der Waals surface area contributed by atoms with Gasteiger partial charge in [0.1, 0.15) is 0 Å². The Labute approximate surface area is 117 Å². The van der Waals surface area contributed by atoms with Crippen molar-refractivity contribution in [2.75, 3.05) is 0 Å². The number of aromatic nitrogens is 1. The first-order chi connectivity index (χ1) is 8.73. The lowest BCUT2D eigenvalue weighted by Crippen LogP contribution is -2.21. The first-order valence-corrected chi connectivity index (χ1v) is 8.51. The molecule has 0 fully saturated rings. The van der Waals surface area contributed by atoms with Gasteiger partial charge in [-0.2, -0.15) is 0 Å². The van der Waals surface area contributed by atoms with Gasteiger partial charge in [0, 0.05) is 17.0 Å². The molecule has 0 aliphatic rings. The number of hydrogen-bond donors (Lipinski definition) is 0. The minimum Gasteiger partial charge on any atom is -0.249 e. The quantitative estimate of drug-likeness (QED) is 0.477. The number of nitrogens with zero attached hydrogens (tertiary/aromatic N) is 1. The molecule has 1 nitrogen and oxygen atoms in total. The normalized spacial score (nSPS) is 14.6. The second-order valence-electron chi connectivity index (χ2n) is 5.67. The molecular formula is C16H29NS. The lowest BCUT2D eigenvalue weighted by Gasteiger charge is -2.27. The Bertz CT molecular complexity index is 294. The van der Waals surface area contributed by atoms with Gasteiger partial charge in [-0.15, -0.1) is 11.3 Å². The standard InChI is InChI=1S/C16H29NS/c1-4-6-8-10-12-16(3,11-9-7-5-2)15-17-13-14-18-15/h13-14H,4-12H2,1-3H3. The van der Waals surface area contributed by atoms with E-state index in [1.807, 2.05) is 17.5 Å². The van der Waals surface area contributed by atoms with Gasteiger partial charge in [0.15, 0.2) is 0 Å². The summed E-state index contributed by atoms with van der Waals surface area (Å²) in [5.74, 6) is 0. The van der Waals surface area contributed by atoms with Crippen LogP contribution in [0.5, 0.6) is 0 Å². The summed E-state index contributed by atoms with van der Waals surface area (Å²) in [6.07, 6.45) is 14.0. The van der Waals surface area contributed by atoms with Gasteiger partial charge in [0.25, 0.3) is 0 Å². The first-order valence-electron chi connectivity index (χ1n) is 7.63. The van der Waals surface area contributed by atoms with Gasteiger partial charge in [0.2, 0.25) is 0 Å². The molecule has 1 atom stereocenters. The number of unbranched alkanes of at least 4 members (excludes halogenated alkanes) is 5. The Morgan fingerprint density at radius 1 is 1.00 bits per heavy atom. The molecule has 1 unspecified atom stereocenters. The van der Waals surface area contributed by atoms with Crippen LogP contribution in [0.4, 0.5) is 0 Å². The molecule has 0 N–H and O–H groups in total. The largest absolute Gasteiger partial charge is 0.249 e. The van der Waals surface area contributed by atoms with E-state index < -0.39 is 0 Å². The maximum absolute atomic E-state index is 4.58. The van der Waals surface area contributed by atoms with Crippen molar-refractivity contribution in [3.05, 3.63) is 16.6 Å². The highest BCUT2D eigenvalue weighted by atomic mass is 32.1. The average molecular weight is 267 g/mol. The third-order valence-electron chi connectivity index (χ3n) is 3.86. The summed E-state index contributed by atoms with van der Waals surface area (Å²) in [5, 5.41) is 3.48. The van der Waals surface area contributed by atoms with Crippen LogP contribution in [0.15, 0.2) is 11.6 Å². The molecular weight excluding hydrogens is 238 g/mol. The highest BCUT2D eigenvalue weighted by Crippen LogP contribution is 2.36. The lowest BCUT2D eigenvalue weighted by molar-refractivity contribution is 0.364. The van der Waals surface area contributed by atoms with Gasteiger partial charge in [-0.25, -0.2) is 4.98 Å². The van der Waals surface area contributed by atoms with Gasteiger partial charge >= 0.3 is 0 Å². The summed E-state index contributed by atoms with van der Waals surface area (Å²) in [6.45, 7) is 6.98. The molecule has 1 rings (SSSR count). The van der Waals surface area contributed by atoms with Crippen LogP contribution in [0, 0.1) is 0 Å². The van der Waals surface area contributed by atoms with E-state index in [4.69, 9.17) is 0 Å². The van der Waals surface area contributed by atoms with Crippen molar-refractivity contribution in [2.24, 2.45) is 0 Å². The lowest BCUT2D eigenvalue weighted by atomic mass is 9.80. The molecule has 0 aliphatic carbocycles. The van der Waals surface area contributed by atoms with Crippen LogP contribution in [0.25, 0.3) is 0 Å². The van der Waals surface area contributed by atoms with E-state index in [0.717, 1.165) is 0 Å². The monoisotopic (exact) mass is 267 g/mol. The highest BCUT2D eigenvalue weighted by Gasteiger charge is 2.27. The fourth-order valence-corrected chi connectivity index (χ4v) is 3.43. The third kappa shape index (κ3) is 5.09. The van der Waals surface area contributed by atoms with Crippen LogP contribution in [-0.2, 0) is 5.41 Å². The van der Waals surface area contributed by atoms with E-state index in [2.05, 4.69) is 31.1 Å². The summed E-state index contributed by atoms with van der Waals surface area (Å²) in [4.78, 5) is 4.58. The third-order valence-corrected chi connectivity index (χ3v) is 4.94. The molecule has 1 aromatic rings. The maximum Gasteiger partial charge on any atom is 0.0983 e. The minimum absolute atomic E-state index is 0.330. The van der Waals surface area contributed by atoms with E-state index in [-0.39, 0.29) is 0 Å². The number of rotatable bonds is 10. The van der Waals surface area contributed by atoms with Crippen LogP contribution in [-0.4, -0.2) is 4.98 Å². The van der Waals surface area contributed by atoms with Crippen molar-refractivity contribution in [2.45, 2.75) is 84.0 Å². The Morgan fingerprint density at radius 3 is 2.17 bits per heavy atom. The van der Waals surface area contributed by atoms with E-state index in [1.54, 1.807) is 0 Å². The van der Waals surface area contributed by atoms with Crippen LogP contribution < -0.4 is 0 Å². The number of hydrogen-bond acceptors (Lipinski definition) is 2. The molecule has 0 saturated heterocycles. The summed E-state index contributed by atoms with van der Waals surface area (Å²) in [6, 6.07) is 0. The predicted octanol–water partition coefficient (Wildman–Crippen LogP) is 5.95. The maximum atomic E-state index is 4.58. The average Bonchev–Trinajstić information content (AvgIpc) is 2.89. The van der Waals surface area contributed by atoms with Gasteiger partial charge in [-0.05, 0) is 12.8 Å². The van der Waals surface area contributed by atoms with Crippen LogP contribution in [0.3, 0.4) is 0 Å². The van der Waals surface area contributed by atoms with E-state index in [1.165, 1.54) is 62.8 Å². The molecule has 104 valence electrons. The van der Waals surface area contributed by atoms with E-state index in [9.17, 15) is 0 Å². The molecule has 2 heteroatoms. The summed E-state index contributed by atoms with van der Waals surface area (Å²) < 4.78 is 0. The van der Waals surface area contributed by atoms with Gasteiger partial charge in [-0.3, -0.25) is 0 Å². The molecule has 1 heterocycles. The Balaban J connectivity index is 2.51. The van der Waals surface area contributed by atoms with Crippen molar-refractivity contribution in [3.8, 4) is 0 Å². The molecule has 0 bridgehead atoms. The van der Waals surface area contributed by atoms with Crippen molar-refractivity contribution < 1.29 is 0 Å². The van der Waals surface area contributed by atoms with E-state index in [0.29, 0.717) is 5.41 Å². The molecule has 1 aromatic heterocycles. The molecule has 0 radical (unpaired) electrons. The van der Waals surface area contributed by atoms with Crippen molar-refractivity contribution >= 4 is 11.3 Å². The Kier molecular flexibility index (Phi) is 7.57. The zero-order valence-corrected chi connectivity index (χ0v) is 13.2. The second-order valence-corrected chi connectivity index (χ2v) is 6.56. The molecule has 0 spiro atoms. The summed E-state index contributed by atoms with van der Waals surface area (Å²) >= 11 is 1.84. The van der Waals surface area contributed by atoms with E-state index >= 15 is 0 Å². The molecule has 0 amide bonds. The second kappa shape index (κ2) is 8.68. The summed E-state index contributed by atoms with van der Waals surface area (Å²) in [5.41, 5.74) is 0.330. The fraction of sp³-hybridized carbons (Fsp3) is 0.812. The zero-order chi connectivity index (χ0) is 13.3. The molecule has 18 heavy (non-hydrogen) atoms. The SMILES string of the molecule is CCCCCCC(C)(CCCCC)c1nccs1. The first kappa shape index (κ1) is 15.7. The smallest absolute Gasteiger partial charge is 0.0983 e. The van der Waals surface area contributed by atoms with Crippen molar-refractivity contribution in [3.63, 3.8) is 0 Å². The van der Waals surface area contributed by atoms with Crippen LogP contribution in [0.2, 0.25) is 0 Å². The number of thiazole rings is 1. The molecule has 0 saturated carbocycles. The van der Waals surface area contributed by atoms with Crippen LogP contribution >= 0.6 is 11.3 Å². The molecule has 0 aromatic carbocycles. The van der Waals surface area contributed by atoms with Crippen molar-refractivity contribution in [1.29, 1.82) is 0 Å².